The van der Waals surface area contributed by atoms with Gasteiger partial charge < -0.3 is 10.4 Å². The SMILES string of the molecule is O=C(O)/C=C/c1cnc(NC2CCN(Cc3ccccc3)CC2)c(Cl)c1. The number of piperidine rings is 1. The topological polar surface area (TPSA) is 65.5 Å². The van der Waals surface area contributed by atoms with E-state index < -0.39 is 5.97 Å². The minimum atomic E-state index is -0.995. The van der Waals surface area contributed by atoms with E-state index in [-0.39, 0.29) is 0 Å². The fourth-order valence-electron chi connectivity index (χ4n) is 3.09. The van der Waals surface area contributed by atoms with Crippen molar-refractivity contribution < 1.29 is 9.90 Å². The number of anilines is 1. The molecule has 1 aliphatic heterocycles. The van der Waals surface area contributed by atoms with Crippen molar-refractivity contribution >= 4 is 29.5 Å². The summed E-state index contributed by atoms with van der Waals surface area (Å²) in [5.74, 6) is -0.341. The number of rotatable bonds is 6. The molecule has 2 N–H and O–H groups in total. The fraction of sp³-hybridized carbons (Fsp3) is 0.300. The molecule has 2 aromatic rings. The lowest BCUT2D eigenvalue weighted by molar-refractivity contribution is -0.131. The molecule has 0 atom stereocenters. The van der Waals surface area contributed by atoms with Crippen LogP contribution in [0.2, 0.25) is 5.02 Å². The van der Waals surface area contributed by atoms with Crippen molar-refractivity contribution in [2.45, 2.75) is 25.4 Å². The van der Waals surface area contributed by atoms with Crippen LogP contribution in [0, 0.1) is 0 Å². The number of carboxylic acid groups (broad SMARTS) is 1. The lowest BCUT2D eigenvalue weighted by Gasteiger charge is -2.32. The van der Waals surface area contributed by atoms with E-state index in [1.54, 1.807) is 12.3 Å². The first-order valence-corrected chi connectivity index (χ1v) is 9.07. The fourth-order valence-corrected chi connectivity index (χ4v) is 3.32. The zero-order chi connectivity index (χ0) is 18.4. The van der Waals surface area contributed by atoms with Crippen LogP contribution in [0.1, 0.15) is 24.0 Å². The maximum absolute atomic E-state index is 10.6. The molecule has 1 aromatic heterocycles. The quantitative estimate of drug-likeness (QED) is 0.754. The molecule has 1 aliphatic rings. The first-order chi connectivity index (χ1) is 12.6. The number of aliphatic carboxylic acids is 1. The third kappa shape index (κ3) is 5.31. The van der Waals surface area contributed by atoms with Gasteiger partial charge in [0.2, 0.25) is 0 Å². The Kier molecular flexibility index (Phi) is 6.26. The lowest BCUT2D eigenvalue weighted by Crippen LogP contribution is -2.38. The smallest absolute Gasteiger partial charge is 0.328 e. The van der Waals surface area contributed by atoms with Gasteiger partial charge in [0.25, 0.3) is 0 Å². The van der Waals surface area contributed by atoms with E-state index in [4.69, 9.17) is 16.7 Å². The molecule has 1 saturated heterocycles. The number of halogens is 1. The number of nitrogens with one attached hydrogen (secondary N) is 1. The van der Waals surface area contributed by atoms with Crippen molar-refractivity contribution in [3.63, 3.8) is 0 Å². The van der Waals surface area contributed by atoms with Gasteiger partial charge in [-0.3, -0.25) is 4.90 Å². The third-order valence-corrected chi connectivity index (χ3v) is 4.75. The summed E-state index contributed by atoms with van der Waals surface area (Å²) in [5.41, 5.74) is 2.01. The monoisotopic (exact) mass is 371 g/mol. The zero-order valence-electron chi connectivity index (χ0n) is 14.4. The molecule has 3 rings (SSSR count). The summed E-state index contributed by atoms with van der Waals surface area (Å²) in [7, 11) is 0. The molecule has 0 amide bonds. The molecule has 5 nitrogen and oxygen atoms in total. The largest absolute Gasteiger partial charge is 0.478 e. The number of pyridine rings is 1. The van der Waals surface area contributed by atoms with Gasteiger partial charge >= 0.3 is 5.97 Å². The number of carbonyl (C=O) groups is 1. The molecular weight excluding hydrogens is 350 g/mol. The van der Waals surface area contributed by atoms with Crippen molar-refractivity contribution in [3.05, 3.63) is 64.8 Å². The highest BCUT2D eigenvalue weighted by atomic mass is 35.5. The molecular formula is C20H22ClN3O2. The Morgan fingerprint density at radius 1 is 1.31 bits per heavy atom. The van der Waals surface area contributed by atoms with Crippen LogP contribution in [0.5, 0.6) is 0 Å². The van der Waals surface area contributed by atoms with Gasteiger partial charge in [0, 0.05) is 37.9 Å². The highest BCUT2D eigenvalue weighted by Crippen LogP contribution is 2.24. The predicted octanol–water partition coefficient (Wildman–Crippen LogP) is 3.91. The van der Waals surface area contributed by atoms with Gasteiger partial charge in [0.15, 0.2) is 0 Å². The van der Waals surface area contributed by atoms with Gasteiger partial charge in [0.1, 0.15) is 5.82 Å². The second-order valence-electron chi connectivity index (χ2n) is 6.45. The Hall–Kier alpha value is -2.37. The first-order valence-electron chi connectivity index (χ1n) is 8.69. The minimum Gasteiger partial charge on any atom is -0.478 e. The van der Waals surface area contributed by atoms with E-state index >= 15 is 0 Å². The van der Waals surface area contributed by atoms with Crippen molar-refractivity contribution in [3.8, 4) is 0 Å². The molecule has 0 unspecified atom stereocenters. The number of nitrogens with zero attached hydrogens (tertiary/aromatic N) is 2. The van der Waals surface area contributed by atoms with Crippen LogP contribution >= 0.6 is 11.6 Å². The number of carboxylic acids is 1. The van der Waals surface area contributed by atoms with Crippen LogP contribution in [0.4, 0.5) is 5.82 Å². The predicted molar refractivity (Wildman–Crippen MR) is 104 cm³/mol. The summed E-state index contributed by atoms with van der Waals surface area (Å²) >= 11 is 6.28. The molecule has 0 saturated carbocycles. The maximum atomic E-state index is 10.6. The van der Waals surface area contributed by atoms with E-state index in [1.807, 2.05) is 6.07 Å². The van der Waals surface area contributed by atoms with Crippen LogP contribution in [-0.2, 0) is 11.3 Å². The molecule has 136 valence electrons. The van der Waals surface area contributed by atoms with Crippen molar-refractivity contribution in [1.29, 1.82) is 0 Å². The summed E-state index contributed by atoms with van der Waals surface area (Å²) in [6.07, 6.45) is 6.24. The molecule has 1 fully saturated rings. The lowest BCUT2D eigenvalue weighted by atomic mass is 10.0. The highest BCUT2D eigenvalue weighted by molar-refractivity contribution is 6.33. The van der Waals surface area contributed by atoms with Crippen LogP contribution in [0.3, 0.4) is 0 Å². The van der Waals surface area contributed by atoms with Gasteiger partial charge in [-0.2, -0.15) is 0 Å². The Morgan fingerprint density at radius 2 is 2.04 bits per heavy atom. The first kappa shape index (κ1) is 18.4. The Labute approximate surface area is 158 Å². The Morgan fingerprint density at radius 3 is 2.69 bits per heavy atom. The van der Waals surface area contributed by atoms with E-state index in [0.29, 0.717) is 22.4 Å². The van der Waals surface area contributed by atoms with Crippen LogP contribution < -0.4 is 5.32 Å². The van der Waals surface area contributed by atoms with E-state index in [0.717, 1.165) is 38.6 Å². The van der Waals surface area contributed by atoms with Gasteiger partial charge in [-0.15, -0.1) is 0 Å². The molecule has 0 aliphatic carbocycles. The summed E-state index contributed by atoms with van der Waals surface area (Å²) in [6, 6.07) is 12.6. The van der Waals surface area contributed by atoms with E-state index in [2.05, 4.69) is 39.5 Å². The zero-order valence-corrected chi connectivity index (χ0v) is 15.2. The van der Waals surface area contributed by atoms with Gasteiger partial charge in [-0.05, 0) is 36.1 Å². The second kappa shape index (κ2) is 8.83. The molecule has 0 bridgehead atoms. The summed E-state index contributed by atoms with van der Waals surface area (Å²) < 4.78 is 0. The van der Waals surface area contributed by atoms with Gasteiger partial charge in [0.05, 0.1) is 5.02 Å². The number of hydrogen-bond donors (Lipinski definition) is 2. The van der Waals surface area contributed by atoms with E-state index in [9.17, 15) is 4.79 Å². The summed E-state index contributed by atoms with van der Waals surface area (Å²) in [5, 5.41) is 12.6. The molecule has 26 heavy (non-hydrogen) atoms. The average molecular weight is 372 g/mol. The Balaban J connectivity index is 1.52. The second-order valence-corrected chi connectivity index (χ2v) is 6.86. The molecule has 6 heteroatoms. The van der Waals surface area contributed by atoms with Crippen LogP contribution in [-0.4, -0.2) is 40.1 Å². The van der Waals surface area contributed by atoms with Crippen molar-refractivity contribution in [1.82, 2.24) is 9.88 Å². The minimum absolute atomic E-state index is 0.340. The highest BCUT2D eigenvalue weighted by Gasteiger charge is 2.20. The van der Waals surface area contributed by atoms with Crippen LogP contribution in [0.15, 0.2) is 48.7 Å². The van der Waals surface area contributed by atoms with Crippen LogP contribution in [0.25, 0.3) is 6.08 Å². The van der Waals surface area contributed by atoms with E-state index in [1.165, 1.54) is 11.6 Å². The molecule has 1 aromatic carbocycles. The maximum Gasteiger partial charge on any atom is 0.328 e. The number of aromatic nitrogens is 1. The standard InChI is InChI=1S/C20H22ClN3O2/c21-18-12-16(6-7-19(25)26)13-22-20(18)23-17-8-10-24(11-9-17)14-15-4-2-1-3-5-15/h1-7,12-13,17H,8-11,14H2,(H,22,23)(H,25,26)/b7-6+. The number of hydrogen-bond acceptors (Lipinski definition) is 4. The van der Waals surface area contributed by atoms with Crippen molar-refractivity contribution in [2.75, 3.05) is 18.4 Å². The van der Waals surface area contributed by atoms with Gasteiger partial charge in [-0.25, -0.2) is 9.78 Å². The number of benzene rings is 1. The summed E-state index contributed by atoms with van der Waals surface area (Å²) in [6.45, 7) is 3.05. The summed E-state index contributed by atoms with van der Waals surface area (Å²) in [4.78, 5) is 17.4. The molecule has 2 heterocycles. The normalized spacial score (nSPS) is 16.0. The Bertz CT molecular complexity index is 772. The average Bonchev–Trinajstić information content (AvgIpc) is 2.64. The molecule has 0 spiro atoms. The number of likely N-dealkylation sites (tertiary alicyclic amines) is 1. The third-order valence-electron chi connectivity index (χ3n) is 4.46. The van der Waals surface area contributed by atoms with Crippen molar-refractivity contribution in [2.24, 2.45) is 0 Å². The van der Waals surface area contributed by atoms with Gasteiger partial charge in [-0.1, -0.05) is 41.9 Å². The molecule has 0 radical (unpaired) electrons.